The molecule has 1 atom stereocenters. The SMILES string of the molecule is CCCNC(=O)[C@H](Cc1ccccc1)N(Cc1ccccc1F)C(=O)CCCN(c1ccc(OC)cc1)S(C)(=O)=O. The molecule has 8 nitrogen and oxygen atoms in total. The second kappa shape index (κ2) is 15.2. The second-order valence-electron chi connectivity index (χ2n) is 9.75. The Hall–Kier alpha value is -3.92. The van der Waals surface area contributed by atoms with Crippen LogP contribution in [0.5, 0.6) is 5.75 Å². The van der Waals surface area contributed by atoms with E-state index in [1.807, 2.05) is 37.3 Å². The highest BCUT2D eigenvalue weighted by Gasteiger charge is 2.31. The number of amides is 2. The average Bonchev–Trinajstić information content (AvgIpc) is 2.96. The number of halogens is 1. The quantitative estimate of drug-likeness (QED) is 0.283. The molecule has 2 amide bonds. The number of hydrogen-bond acceptors (Lipinski definition) is 5. The number of nitrogens with zero attached hydrogens (tertiary/aromatic N) is 2. The Morgan fingerprint density at radius 3 is 2.24 bits per heavy atom. The minimum atomic E-state index is -3.64. The van der Waals surface area contributed by atoms with Crippen molar-refractivity contribution in [3.05, 3.63) is 95.8 Å². The molecule has 0 fully saturated rings. The van der Waals surface area contributed by atoms with Crippen molar-refractivity contribution in [2.45, 2.75) is 45.2 Å². The zero-order valence-electron chi connectivity index (χ0n) is 23.8. The smallest absolute Gasteiger partial charge is 0.243 e. The van der Waals surface area contributed by atoms with E-state index in [2.05, 4.69) is 5.32 Å². The fourth-order valence-corrected chi connectivity index (χ4v) is 5.45. The summed E-state index contributed by atoms with van der Waals surface area (Å²) in [7, 11) is -2.11. The highest BCUT2D eigenvalue weighted by molar-refractivity contribution is 7.92. The van der Waals surface area contributed by atoms with Gasteiger partial charge in [0.25, 0.3) is 0 Å². The molecule has 0 aromatic heterocycles. The van der Waals surface area contributed by atoms with Gasteiger partial charge < -0.3 is 15.0 Å². The fraction of sp³-hybridized carbons (Fsp3) is 0.355. The Labute approximate surface area is 242 Å². The van der Waals surface area contributed by atoms with Crippen LogP contribution >= 0.6 is 0 Å². The molecule has 0 aliphatic carbocycles. The van der Waals surface area contributed by atoms with Crippen LogP contribution in [0.2, 0.25) is 0 Å². The van der Waals surface area contributed by atoms with Crippen LogP contribution in [0.4, 0.5) is 10.1 Å². The molecule has 0 radical (unpaired) electrons. The molecule has 0 spiro atoms. The molecule has 3 aromatic carbocycles. The van der Waals surface area contributed by atoms with E-state index in [1.54, 1.807) is 42.5 Å². The number of hydrogen-bond donors (Lipinski definition) is 1. The van der Waals surface area contributed by atoms with Crippen molar-refractivity contribution in [1.82, 2.24) is 10.2 Å². The molecular formula is C31H38FN3O5S. The van der Waals surface area contributed by atoms with Crippen molar-refractivity contribution in [2.24, 2.45) is 0 Å². The number of ether oxygens (including phenoxy) is 1. The van der Waals surface area contributed by atoms with E-state index in [9.17, 15) is 22.4 Å². The number of rotatable bonds is 15. The van der Waals surface area contributed by atoms with Crippen LogP contribution in [0.3, 0.4) is 0 Å². The third-order valence-electron chi connectivity index (χ3n) is 6.63. The van der Waals surface area contributed by atoms with Gasteiger partial charge in [-0.2, -0.15) is 0 Å². The molecule has 0 heterocycles. The van der Waals surface area contributed by atoms with E-state index in [0.717, 1.165) is 18.2 Å². The number of carbonyl (C=O) groups excluding carboxylic acids is 2. The molecule has 10 heteroatoms. The molecule has 0 saturated heterocycles. The van der Waals surface area contributed by atoms with E-state index in [-0.39, 0.29) is 49.7 Å². The number of nitrogens with one attached hydrogen (secondary N) is 1. The first-order chi connectivity index (χ1) is 19.6. The molecule has 3 rings (SSSR count). The number of methoxy groups -OCH3 is 1. The van der Waals surface area contributed by atoms with Gasteiger partial charge in [-0.25, -0.2) is 12.8 Å². The summed E-state index contributed by atoms with van der Waals surface area (Å²) in [6.07, 6.45) is 2.23. The van der Waals surface area contributed by atoms with Gasteiger partial charge in [0.2, 0.25) is 21.8 Å². The highest BCUT2D eigenvalue weighted by Crippen LogP contribution is 2.23. The Bertz CT molecular complexity index is 1380. The van der Waals surface area contributed by atoms with E-state index in [1.165, 1.54) is 22.4 Å². The topological polar surface area (TPSA) is 96.0 Å². The van der Waals surface area contributed by atoms with Gasteiger partial charge >= 0.3 is 0 Å². The first-order valence-electron chi connectivity index (χ1n) is 13.6. The van der Waals surface area contributed by atoms with Crippen molar-refractivity contribution >= 4 is 27.5 Å². The minimum Gasteiger partial charge on any atom is -0.497 e. The summed E-state index contributed by atoms with van der Waals surface area (Å²) in [4.78, 5) is 28.6. The number of carbonyl (C=O) groups is 2. The van der Waals surface area contributed by atoms with Crippen LogP contribution in [0, 0.1) is 5.82 Å². The van der Waals surface area contributed by atoms with E-state index in [4.69, 9.17) is 4.74 Å². The van der Waals surface area contributed by atoms with Gasteiger partial charge in [-0.15, -0.1) is 0 Å². The Morgan fingerprint density at radius 2 is 1.63 bits per heavy atom. The van der Waals surface area contributed by atoms with Crippen molar-refractivity contribution < 1.29 is 27.1 Å². The monoisotopic (exact) mass is 583 g/mol. The van der Waals surface area contributed by atoms with E-state index < -0.39 is 21.9 Å². The van der Waals surface area contributed by atoms with Crippen molar-refractivity contribution in [3.8, 4) is 5.75 Å². The van der Waals surface area contributed by atoms with Gasteiger partial charge in [0.15, 0.2) is 0 Å². The Kier molecular flexibility index (Phi) is 11.7. The lowest BCUT2D eigenvalue weighted by molar-refractivity contribution is -0.141. The number of anilines is 1. The minimum absolute atomic E-state index is 0.0387. The van der Waals surface area contributed by atoms with Gasteiger partial charge in [0, 0.05) is 38.0 Å². The zero-order valence-corrected chi connectivity index (χ0v) is 24.6. The largest absolute Gasteiger partial charge is 0.497 e. The van der Waals surface area contributed by atoms with Crippen LogP contribution in [0.1, 0.15) is 37.3 Å². The van der Waals surface area contributed by atoms with Crippen LogP contribution in [-0.4, -0.2) is 57.6 Å². The lowest BCUT2D eigenvalue weighted by Gasteiger charge is -2.32. The fourth-order valence-electron chi connectivity index (χ4n) is 4.48. The van der Waals surface area contributed by atoms with Gasteiger partial charge in [-0.1, -0.05) is 55.5 Å². The summed E-state index contributed by atoms with van der Waals surface area (Å²) in [5.74, 6) is -0.576. The lowest BCUT2D eigenvalue weighted by Crippen LogP contribution is -2.50. The molecule has 0 saturated carbocycles. The predicted octanol–water partition coefficient (Wildman–Crippen LogP) is 4.55. The molecular weight excluding hydrogens is 545 g/mol. The molecule has 0 bridgehead atoms. The van der Waals surface area contributed by atoms with Gasteiger partial charge in [-0.3, -0.25) is 13.9 Å². The second-order valence-corrected chi connectivity index (χ2v) is 11.7. The van der Waals surface area contributed by atoms with Gasteiger partial charge in [-0.05, 0) is 48.7 Å². The van der Waals surface area contributed by atoms with Crippen LogP contribution < -0.4 is 14.4 Å². The molecule has 0 aliphatic heterocycles. The third-order valence-corrected chi connectivity index (χ3v) is 7.83. The Morgan fingerprint density at radius 1 is 0.976 bits per heavy atom. The Balaban J connectivity index is 1.87. The van der Waals surface area contributed by atoms with Crippen molar-refractivity contribution in [3.63, 3.8) is 0 Å². The lowest BCUT2D eigenvalue weighted by atomic mass is 10.0. The summed E-state index contributed by atoms with van der Waals surface area (Å²) >= 11 is 0. The van der Waals surface area contributed by atoms with E-state index >= 15 is 0 Å². The summed E-state index contributed by atoms with van der Waals surface area (Å²) in [5.41, 5.74) is 1.60. The molecule has 3 aromatic rings. The maximum absolute atomic E-state index is 14.7. The third kappa shape index (κ3) is 9.31. The average molecular weight is 584 g/mol. The molecule has 0 aliphatic rings. The van der Waals surface area contributed by atoms with Crippen LogP contribution in [0.25, 0.3) is 0 Å². The summed E-state index contributed by atoms with van der Waals surface area (Å²) < 4.78 is 46.3. The first-order valence-corrected chi connectivity index (χ1v) is 15.4. The zero-order chi connectivity index (χ0) is 29.8. The van der Waals surface area contributed by atoms with Crippen molar-refractivity contribution in [2.75, 3.05) is 30.8 Å². The standard InChI is InChI=1S/C31H38FN3O5S/c1-4-20-33-31(37)29(22-24-11-6-5-7-12-24)34(23-25-13-8-9-14-28(25)32)30(36)15-10-21-35(41(3,38)39)26-16-18-27(40-2)19-17-26/h5-9,11-14,16-19,29H,4,10,15,20-23H2,1-3H3,(H,33,37)/t29-/m0/s1. The summed E-state index contributed by atoms with van der Waals surface area (Å²) in [6, 6.07) is 21.2. The number of benzene rings is 3. The van der Waals surface area contributed by atoms with E-state index in [0.29, 0.717) is 18.0 Å². The molecule has 1 N–H and O–H groups in total. The molecule has 41 heavy (non-hydrogen) atoms. The first kappa shape index (κ1) is 31.6. The van der Waals surface area contributed by atoms with Gasteiger partial charge in [0.05, 0.1) is 19.1 Å². The predicted molar refractivity (Wildman–Crippen MR) is 159 cm³/mol. The normalized spacial score (nSPS) is 11.9. The maximum Gasteiger partial charge on any atom is 0.243 e. The van der Waals surface area contributed by atoms with Crippen LogP contribution in [-0.2, 0) is 32.6 Å². The van der Waals surface area contributed by atoms with Crippen LogP contribution in [0.15, 0.2) is 78.9 Å². The highest BCUT2D eigenvalue weighted by atomic mass is 32.2. The van der Waals surface area contributed by atoms with Gasteiger partial charge in [0.1, 0.15) is 17.6 Å². The molecule has 220 valence electrons. The summed E-state index contributed by atoms with van der Waals surface area (Å²) in [5, 5.41) is 2.89. The molecule has 0 unspecified atom stereocenters. The maximum atomic E-state index is 14.7. The summed E-state index contributed by atoms with van der Waals surface area (Å²) in [6.45, 7) is 2.33. The van der Waals surface area contributed by atoms with Crippen molar-refractivity contribution in [1.29, 1.82) is 0 Å². The number of sulfonamides is 1.